The van der Waals surface area contributed by atoms with Gasteiger partial charge in [0.25, 0.3) is 5.69 Å². The SMILES string of the molecule is NC(=O)CN1CCO[C@@H](COc2cccc([N+](=O)[O-])c2)C1. The van der Waals surface area contributed by atoms with Crippen molar-refractivity contribution >= 4 is 11.6 Å². The summed E-state index contributed by atoms with van der Waals surface area (Å²) in [5, 5.41) is 10.7. The summed E-state index contributed by atoms with van der Waals surface area (Å²) in [5.41, 5.74) is 5.14. The normalized spacial score (nSPS) is 19.1. The van der Waals surface area contributed by atoms with Crippen LogP contribution in [0, 0.1) is 10.1 Å². The molecule has 1 heterocycles. The molecule has 1 atom stereocenters. The molecule has 114 valence electrons. The minimum Gasteiger partial charge on any atom is -0.491 e. The molecule has 1 aliphatic heterocycles. The van der Waals surface area contributed by atoms with E-state index in [0.29, 0.717) is 25.4 Å². The van der Waals surface area contributed by atoms with Crippen molar-refractivity contribution in [3.05, 3.63) is 34.4 Å². The van der Waals surface area contributed by atoms with Gasteiger partial charge in [-0.2, -0.15) is 0 Å². The first-order chi connectivity index (χ1) is 10.0. The number of nitro benzene ring substituents is 1. The van der Waals surface area contributed by atoms with Crippen LogP contribution >= 0.6 is 0 Å². The molecule has 1 amide bonds. The lowest BCUT2D eigenvalue weighted by atomic mass is 10.2. The second-order valence-electron chi connectivity index (χ2n) is 4.76. The van der Waals surface area contributed by atoms with Gasteiger partial charge in [0.15, 0.2) is 0 Å². The van der Waals surface area contributed by atoms with Gasteiger partial charge in [0.1, 0.15) is 18.5 Å². The third kappa shape index (κ3) is 4.69. The fraction of sp³-hybridized carbons (Fsp3) is 0.462. The fourth-order valence-corrected chi connectivity index (χ4v) is 2.12. The Balaban J connectivity index is 1.86. The molecular formula is C13H17N3O5. The monoisotopic (exact) mass is 295 g/mol. The molecule has 2 rings (SSSR count). The van der Waals surface area contributed by atoms with E-state index in [1.807, 2.05) is 4.90 Å². The lowest BCUT2D eigenvalue weighted by molar-refractivity contribution is -0.384. The Kier molecular flexibility index (Phi) is 5.07. The zero-order valence-corrected chi connectivity index (χ0v) is 11.4. The molecule has 1 aliphatic rings. The average molecular weight is 295 g/mol. The molecule has 1 aromatic rings. The molecule has 8 heteroatoms. The van der Waals surface area contributed by atoms with E-state index in [1.54, 1.807) is 12.1 Å². The molecule has 21 heavy (non-hydrogen) atoms. The summed E-state index contributed by atoms with van der Waals surface area (Å²) in [7, 11) is 0. The van der Waals surface area contributed by atoms with Crippen LogP contribution in [-0.2, 0) is 9.53 Å². The lowest BCUT2D eigenvalue weighted by Gasteiger charge is -2.31. The van der Waals surface area contributed by atoms with Crippen LogP contribution in [-0.4, -0.2) is 54.7 Å². The van der Waals surface area contributed by atoms with Crippen LogP contribution in [0.2, 0.25) is 0 Å². The highest BCUT2D eigenvalue weighted by Crippen LogP contribution is 2.19. The minimum absolute atomic E-state index is 0.0209. The van der Waals surface area contributed by atoms with Gasteiger partial charge < -0.3 is 15.2 Å². The molecule has 0 aliphatic carbocycles. The second-order valence-corrected chi connectivity index (χ2v) is 4.76. The Hall–Kier alpha value is -2.19. The Morgan fingerprint density at radius 3 is 3.10 bits per heavy atom. The molecule has 1 fully saturated rings. The van der Waals surface area contributed by atoms with E-state index in [0.717, 1.165) is 0 Å². The Bertz CT molecular complexity index is 522. The molecule has 0 bridgehead atoms. The number of benzene rings is 1. The van der Waals surface area contributed by atoms with Gasteiger partial charge in [0.05, 0.1) is 24.1 Å². The van der Waals surface area contributed by atoms with Crippen LogP contribution in [0.1, 0.15) is 0 Å². The van der Waals surface area contributed by atoms with Gasteiger partial charge in [-0.05, 0) is 6.07 Å². The number of morpholine rings is 1. The number of carbonyl (C=O) groups excluding carboxylic acids is 1. The first-order valence-electron chi connectivity index (χ1n) is 6.54. The molecule has 0 radical (unpaired) electrons. The van der Waals surface area contributed by atoms with E-state index < -0.39 is 4.92 Å². The maximum atomic E-state index is 10.9. The third-order valence-electron chi connectivity index (χ3n) is 3.07. The van der Waals surface area contributed by atoms with Crippen molar-refractivity contribution in [3.8, 4) is 5.75 Å². The summed E-state index contributed by atoms with van der Waals surface area (Å²) in [6.45, 7) is 2.14. The predicted molar refractivity (Wildman–Crippen MR) is 74.0 cm³/mol. The summed E-state index contributed by atoms with van der Waals surface area (Å²) in [4.78, 5) is 23.0. The van der Waals surface area contributed by atoms with Crippen LogP contribution in [0.5, 0.6) is 5.75 Å². The molecule has 0 unspecified atom stereocenters. The maximum absolute atomic E-state index is 10.9. The molecule has 1 saturated heterocycles. The fourth-order valence-electron chi connectivity index (χ4n) is 2.12. The van der Waals surface area contributed by atoms with Crippen LogP contribution in [0.3, 0.4) is 0 Å². The first-order valence-corrected chi connectivity index (χ1v) is 6.54. The van der Waals surface area contributed by atoms with Crippen molar-refractivity contribution < 1.29 is 19.2 Å². The first kappa shape index (κ1) is 15.2. The van der Waals surface area contributed by atoms with Gasteiger partial charge in [-0.3, -0.25) is 19.8 Å². The van der Waals surface area contributed by atoms with E-state index in [1.165, 1.54) is 12.1 Å². The average Bonchev–Trinajstić information content (AvgIpc) is 2.45. The minimum atomic E-state index is -0.474. The molecule has 0 saturated carbocycles. The van der Waals surface area contributed by atoms with Gasteiger partial charge in [-0.1, -0.05) is 6.07 Å². The maximum Gasteiger partial charge on any atom is 0.273 e. The highest BCUT2D eigenvalue weighted by molar-refractivity contribution is 5.75. The molecule has 2 N–H and O–H groups in total. The summed E-state index contributed by atoms with van der Waals surface area (Å²) < 4.78 is 11.1. The van der Waals surface area contributed by atoms with Crippen LogP contribution in [0.15, 0.2) is 24.3 Å². The molecule has 0 spiro atoms. The van der Waals surface area contributed by atoms with E-state index in [-0.39, 0.29) is 30.9 Å². The number of ether oxygens (including phenoxy) is 2. The summed E-state index contributed by atoms with van der Waals surface area (Å²) in [5.74, 6) is 0.0371. The zero-order chi connectivity index (χ0) is 15.2. The van der Waals surface area contributed by atoms with E-state index in [9.17, 15) is 14.9 Å². The Morgan fingerprint density at radius 2 is 2.38 bits per heavy atom. The zero-order valence-electron chi connectivity index (χ0n) is 11.4. The van der Waals surface area contributed by atoms with Crippen molar-refractivity contribution in [2.45, 2.75) is 6.10 Å². The second kappa shape index (κ2) is 7.00. The summed E-state index contributed by atoms with van der Waals surface area (Å²) in [6, 6.07) is 5.98. The van der Waals surface area contributed by atoms with Gasteiger partial charge >= 0.3 is 0 Å². The highest BCUT2D eigenvalue weighted by Gasteiger charge is 2.22. The number of hydrogen-bond donors (Lipinski definition) is 1. The smallest absolute Gasteiger partial charge is 0.273 e. The summed E-state index contributed by atoms with van der Waals surface area (Å²) >= 11 is 0. The topological polar surface area (TPSA) is 108 Å². The largest absolute Gasteiger partial charge is 0.491 e. The number of nitro groups is 1. The van der Waals surface area contributed by atoms with Crippen molar-refractivity contribution in [1.82, 2.24) is 4.90 Å². The number of rotatable bonds is 6. The molecule has 8 nitrogen and oxygen atoms in total. The molecule has 1 aromatic carbocycles. The van der Waals surface area contributed by atoms with E-state index >= 15 is 0 Å². The number of nitrogens with two attached hydrogens (primary N) is 1. The number of primary amides is 1. The van der Waals surface area contributed by atoms with Crippen LogP contribution in [0.4, 0.5) is 5.69 Å². The molecule has 0 aromatic heterocycles. The lowest BCUT2D eigenvalue weighted by Crippen LogP contribution is -2.47. The van der Waals surface area contributed by atoms with Crippen molar-refractivity contribution in [3.63, 3.8) is 0 Å². The van der Waals surface area contributed by atoms with Crippen molar-refractivity contribution in [2.75, 3.05) is 32.8 Å². The number of carbonyl (C=O) groups is 1. The van der Waals surface area contributed by atoms with Crippen LogP contribution < -0.4 is 10.5 Å². The van der Waals surface area contributed by atoms with Gasteiger partial charge in [-0.25, -0.2) is 0 Å². The van der Waals surface area contributed by atoms with Crippen molar-refractivity contribution in [1.29, 1.82) is 0 Å². The number of hydrogen-bond acceptors (Lipinski definition) is 6. The number of amides is 1. The number of non-ortho nitro benzene ring substituents is 1. The Labute approximate surface area is 121 Å². The molecular weight excluding hydrogens is 278 g/mol. The number of nitrogens with zero attached hydrogens (tertiary/aromatic N) is 2. The summed E-state index contributed by atoms with van der Waals surface area (Å²) in [6.07, 6.45) is -0.197. The Morgan fingerprint density at radius 1 is 1.57 bits per heavy atom. The quantitative estimate of drug-likeness (QED) is 0.591. The van der Waals surface area contributed by atoms with Gasteiger partial charge in [-0.15, -0.1) is 0 Å². The predicted octanol–water partition coefficient (Wildman–Crippen LogP) is 0.160. The van der Waals surface area contributed by atoms with Crippen LogP contribution in [0.25, 0.3) is 0 Å². The standard InChI is InChI=1S/C13H17N3O5/c14-13(17)8-15-4-5-20-12(7-15)9-21-11-3-1-2-10(6-11)16(18)19/h1-3,6,12H,4-5,7-9H2,(H2,14,17)/t12-/m1/s1. The van der Waals surface area contributed by atoms with E-state index in [4.69, 9.17) is 15.2 Å². The van der Waals surface area contributed by atoms with Crippen molar-refractivity contribution in [2.24, 2.45) is 5.73 Å². The van der Waals surface area contributed by atoms with Gasteiger partial charge in [0.2, 0.25) is 5.91 Å². The highest BCUT2D eigenvalue weighted by atomic mass is 16.6. The van der Waals surface area contributed by atoms with E-state index in [2.05, 4.69) is 0 Å². The third-order valence-corrected chi connectivity index (χ3v) is 3.07. The van der Waals surface area contributed by atoms with Gasteiger partial charge in [0, 0.05) is 19.2 Å².